The Bertz CT molecular complexity index is 1150. The van der Waals surface area contributed by atoms with Crippen LogP contribution in [0, 0.1) is 23.7 Å². The monoisotopic (exact) mass is 528 g/mol. The van der Waals surface area contributed by atoms with Crippen LogP contribution in [-0.2, 0) is 16.2 Å². The van der Waals surface area contributed by atoms with E-state index in [0.717, 1.165) is 23.4 Å². The first-order valence-electron chi connectivity index (χ1n) is 10.8. The molecule has 3 aliphatic carbocycles. The van der Waals surface area contributed by atoms with Gasteiger partial charge in [0.2, 0.25) is 0 Å². The maximum atomic E-state index is 12.9. The quantitative estimate of drug-likeness (QED) is 0.292. The molecule has 6 nitrogen and oxygen atoms in total. The third kappa shape index (κ3) is 3.97. The van der Waals surface area contributed by atoms with Crippen LogP contribution in [0.5, 0.6) is 11.5 Å². The number of nitrogens with zero attached hydrogens (tertiary/aromatic N) is 2. The SMILES string of the molecule is COc1cc(/C=N\N2C(=O)[C@@H]3[C@@H](C2=O)[C@@H]2C=C[C@@H]3CC2)cc(Br)c1OCc1ccccc1Cl. The fraction of sp³-hybridized carbons (Fsp3) is 0.320. The van der Waals surface area contributed by atoms with Crippen LogP contribution in [0.2, 0.25) is 5.02 Å². The fourth-order valence-corrected chi connectivity index (χ4v) is 5.78. The van der Waals surface area contributed by atoms with Gasteiger partial charge in [0, 0.05) is 10.6 Å². The van der Waals surface area contributed by atoms with Crippen LogP contribution in [0.4, 0.5) is 0 Å². The van der Waals surface area contributed by atoms with Crippen molar-refractivity contribution in [3.05, 3.63) is 69.2 Å². The topological polar surface area (TPSA) is 68.2 Å². The van der Waals surface area contributed by atoms with Crippen molar-refractivity contribution >= 4 is 45.6 Å². The van der Waals surface area contributed by atoms with Crippen molar-refractivity contribution in [2.75, 3.05) is 7.11 Å². The van der Waals surface area contributed by atoms with Crippen LogP contribution in [0.25, 0.3) is 0 Å². The fourth-order valence-electron chi connectivity index (χ4n) is 5.02. The van der Waals surface area contributed by atoms with E-state index in [2.05, 4.69) is 33.2 Å². The Morgan fingerprint density at radius 2 is 1.79 bits per heavy atom. The van der Waals surface area contributed by atoms with E-state index in [1.54, 1.807) is 19.2 Å². The van der Waals surface area contributed by atoms with Crippen LogP contribution in [0.1, 0.15) is 24.0 Å². The van der Waals surface area contributed by atoms with Crippen molar-refractivity contribution in [1.29, 1.82) is 0 Å². The number of benzene rings is 2. The number of methoxy groups -OCH3 is 1. The van der Waals surface area contributed by atoms with Crippen molar-refractivity contribution in [1.82, 2.24) is 5.01 Å². The van der Waals surface area contributed by atoms with Crippen LogP contribution in [0.3, 0.4) is 0 Å². The summed E-state index contributed by atoms with van der Waals surface area (Å²) >= 11 is 9.75. The number of hydrogen-bond donors (Lipinski definition) is 0. The average molecular weight is 530 g/mol. The number of ether oxygens (including phenoxy) is 2. The number of allylic oxidation sites excluding steroid dienone is 2. The van der Waals surface area contributed by atoms with E-state index >= 15 is 0 Å². The van der Waals surface area contributed by atoms with Gasteiger partial charge in [-0.3, -0.25) is 9.59 Å². The second-order valence-electron chi connectivity index (χ2n) is 8.49. The van der Waals surface area contributed by atoms with Crippen molar-refractivity contribution in [2.45, 2.75) is 19.4 Å². The molecule has 4 atom stereocenters. The molecule has 6 rings (SSSR count). The molecule has 2 amide bonds. The summed E-state index contributed by atoms with van der Waals surface area (Å²) in [6.07, 6.45) is 7.61. The van der Waals surface area contributed by atoms with Gasteiger partial charge in [0.15, 0.2) is 11.5 Å². The van der Waals surface area contributed by atoms with Gasteiger partial charge in [0.1, 0.15) is 6.61 Å². The van der Waals surface area contributed by atoms with Gasteiger partial charge in [-0.05, 0) is 64.4 Å². The Kier molecular flexibility index (Phi) is 6.01. The number of fused-ring (bicyclic) bond motifs is 1. The zero-order chi connectivity index (χ0) is 23.1. The molecule has 0 unspecified atom stereocenters. The molecule has 170 valence electrons. The summed E-state index contributed by atoms with van der Waals surface area (Å²) in [6.45, 7) is 0.276. The number of rotatable bonds is 6. The normalized spacial score (nSPS) is 25.7. The summed E-state index contributed by atoms with van der Waals surface area (Å²) in [4.78, 5) is 25.9. The standard InChI is InChI=1S/C25H22BrClN2O4/c1-32-20-11-14(10-18(26)23(20)33-13-17-4-2-3-5-19(17)27)12-28-29-24(30)21-15-6-7-16(9-8-15)22(21)25(29)31/h2-7,10-12,15-16,21-22H,8-9,13H2,1H3/b28-12-/t15-,16-,21+,22+/m1/s1. The van der Waals surface area contributed by atoms with E-state index in [1.165, 1.54) is 6.21 Å². The summed E-state index contributed by atoms with van der Waals surface area (Å²) in [5, 5.41) is 5.95. The Morgan fingerprint density at radius 3 is 2.39 bits per heavy atom. The van der Waals surface area contributed by atoms with E-state index < -0.39 is 0 Å². The Hall–Kier alpha value is -2.64. The molecule has 2 aromatic rings. The molecule has 2 fully saturated rings. The molecule has 1 aliphatic heterocycles. The highest BCUT2D eigenvalue weighted by molar-refractivity contribution is 9.10. The summed E-state index contributed by atoms with van der Waals surface area (Å²) < 4.78 is 12.1. The van der Waals surface area contributed by atoms with Gasteiger partial charge in [0.25, 0.3) is 11.8 Å². The predicted octanol–water partition coefficient (Wildman–Crippen LogP) is 5.22. The van der Waals surface area contributed by atoms with Gasteiger partial charge in [-0.25, -0.2) is 0 Å². The summed E-state index contributed by atoms with van der Waals surface area (Å²) in [5.74, 6) is 0.336. The zero-order valence-corrected chi connectivity index (χ0v) is 20.3. The highest BCUT2D eigenvalue weighted by Crippen LogP contribution is 2.49. The van der Waals surface area contributed by atoms with Crippen LogP contribution in [-0.4, -0.2) is 30.1 Å². The van der Waals surface area contributed by atoms with Crippen molar-refractivity contribution < 1.29 is 19.1 Å². The first-order chi connectivity index (χ1) is 16.0. The highest BCUT2D eigenvalue weighted by atomic mass is 79.9. The number of hydrazone groups is 1. The maximum absolute atomic E-state index is 12.9. The second-order valence-corrected chi connectivity index (χ2v) is 9.75. The third-order valence-electron chi connectivity index (χ3n) is 6.64. The van der Waals surface area contributed by atoms with E-state index in [0.29, 0.717) is 26.6 Å². The molecular formula is C25H22BrClN2O4. The van der Waals surface area contributed by atoms with Gasteiger partial charge >= 0.3 is 0 Å². The number of hydrogen-bond acceptors (Lipinski definition) is 5. The highest BCUT2D eigenvalue weighted by Gasteiger charge is 2.56. The lowest BCUT2D eigenvalue weighted by Crippen LogP contribution is -2.38. The lowest BCUT2D eigenvalue weighted by atomic mass is 9.63. The summed E-state index contributed by atoms with van der Waals surface area (Å²) in [5.41, 5.74) is 1.52. The minimum Gasteiger partial charge on any atom is -0.493 e. The average Bonchev–Trinajstić information content (AvgIpc) is 3.10. The smallest absolute Gasteiger partial charge is 0.254 e. The first kappa shape index (κ1) is 22.2. The number of halogens is 2. The van der Waals surface area contributed by atoms with Gasteiger partial charge in [-0.15, -0.1) is 0 Å². The van der Waals surface area contributed by atoms with Gasteiger partial charge in [-0.2, -0.15) is 10.1 Å². The predicted molar refractivity (Wildman–Crippen MR) is 128 cm³/mol. The lowest BCUT2D eigenvalue weighted by Gasteiger charge is -2.37. The molecule has 0 radical (unpaired) electrons. The first-order valence-corrected chi connectivity index (χ1v) is 12.0. The number of amides is 2. The van der Waals surface area contributed by atoms with Gasteiger partial charge in [0.05, 0.1) is 29.6 Å². The number of imide groups is 1. The molecule has 0 aromatic heterocycles. The number of carbonyl (C=O) groups is 2. The molecule has 1 saturated heterocycles. The molecule has 0 N–H and O–H groups in total. The van der Waals surface area contributed by atoms with Gasteiger partial charge < -0.3 is 9.47 Å². The van der Waals surface area contributed by atoms with Crippen molar-refractivity contribution in [2.24, 2.45) is 28.8 Å². The maximum Gasteiger partial charge on any atom is 0.254 e. The molecule has 8 heteroatoms. The Balaban J connectivity index is 1.35. The van der Waals surface area contributed by atoms with Crippen molar-refractivity contribution in [3.63, 3.8) is 0 Å². The molecular weight excluding hydrogens is 508 g/mol. The van der Waals surface area contributed by atoms with E-state index in [-0.39, 0.29) is 42.1 Å². The van der Waals surface area contributed by atoms with E-state index in [4.69, 9.17) is 21.1 Å². The largest absolute Gasteiger partial charge is 0.493 e. The molecule has 4 aliphatic rings. The van der Waals surface area contributed by atoms with E-state index in [9.17, 15) is 9.59 Å². The number of carbonyl (C=O) groups excluding carboxylic acids is 2. The summed E-state index contributed by atoms with van der Waals surface area (Å²) in [6, 6.07) is 11.0. The van der Waals surface area contributed by atoms with Crippen molar-refractivity contribution in [3.8, 4) is 11.5 Å². The molecule has 33 heavy (non-hydrogen) atoms. The molecule has 2 bridgehead atoms. The summed E-state index contributed by atoms with van der Waals surface area (Å²) in [7, 11) is 1.55. The minimum atomic E-state index is -0.278. The van der Waals surface area contributed by atoms with Crippen LogP contribution in [0.15, 0.2) is 58.1 Å². The second kappa shape index (κ2) is 8.95. The molecule has 2 aromatic carbocycles. The Labute approximate surface area is 205 Å². The zero-order valence-electron chi connectivity index (χ0n) is 17.9. The molecule has 1 heterocycles. The van der Waals surface area contributed by atoms with Crippen LogP contribution < -0.4 is 9.47 Å². The Morgan fingerprint density at radius 1 is 1.12 bits per heavy atom. The van der Waals surface area contributed by atoms with E-state index in [1.807, 2.05) is 24.3 Å². The lowest BCUT2D eigenvalue weighted by molar-refractivity contribution is -0.140. The van der Waals surface area contributed by atoms with Crippen LogP contribution >= 0.6 is 27.5 Å². The third-order valence-corrected chi connectivity index (χ3v) is 7.60. The van der Waals surface area contributed by atoms with Gasteiger partial charge in [-0.1, -0.05) is 42.0 Å². The minimum absolute atomic E-state index is 0.139. The molecule has 1 saturated carbocycles. The molecule has 0 spiro atoms.